The van der Waals surface area contributed by atoms with Gasteiger partial charge in [0.15, 0.2) is 0 Å². The van der Waals surface area contributed by atoms with Gasteiger partial charge in [0.05, 0.1) is 18.6 Å². The van der Waals surface area contributed by atoms with Gasteiger partial charge in [-0.3, -0.25) is 14.5 Å². The lowest BCUT2D eigenvalue weighted by molar-refractivity contribution is -0.145. The van der Waals surface area contributed by atoms with E-state index >= 15 is 0 Å². The molecule has 1 saturated heterocycles. The fourth-order valence-electron chi connectivity index (χ4n) is 1.69. The third kappa shape index (κ3) is 3.33. The molecule has 0 N–H and O–H groups in total. The molecule has 0 bridgehead atoms. The summed E-state index contributed by atoms with van der Waals surface area (Å²) < 4.78 is 24.1. The number of likely N-dealkylation sites (N-methyl/N-ethyl adjacent to an activating group) is 1. The Morgan fingerprint density at radius 3 is 2.37 bits per heavy atom. The highest BCUT2D eigenvalue weighted by atomic mass is 79.9. The Morgan fingerprint density at radius 1 is 1.26 bits per heavy atom. The number of halogens is 2. The standard InChI is InChI=1S/C11H10BBrFNO4/c1-15-5-9(16)18-12(19-10(17)6-15)11-7(13)3-2-4-8(11)14/h2-4H,5-6H2,1H3. The van der Waals surface area contributed by atoms with Gasteiger partial charge in [0.2, 0.25) is 0 Å². The minimum absolute atomic E-state index is 0.00578. The molecule has 1 fully saturated rings. The largest absolute Gasteiger partial charge is 0.640 e. The zero-order valence-electron chi connectivity index (χ0n) is 10.1. The molecule has 0 aromatic heterocycles. The fourth-order valence-corrected chi connectivity index (χ4v) is 2.22. The van der Waals surface area contributed by atoms with Crippen LogP contribution in [0.4, 0.5) is 4.39 Å². The van der Waals surface area contributed by atoms with Gasteiger partial charge >= 0.3 is 19.1 Å². The molecule has 1 aliphatic rings. The van der Waals surface area contributed by atoms with Crippen molar-refractivity contribution in [1.29, 1.82) is 0 Å². The molecule has 0 amide bonds. The lowest BCUT2D eigenvalue weighted by atomic mass is 9.78. The molecule has 0 spiro atoms. The van der Waals surface area contributed by atoms with E-state index < -0.39 is 24.9 Å². The molecular weight excluding hydrogens is 320 g/mol. The Hall–Kier alpha value is -1.41. The molecule has 5 nitrogen and oxygen atoms in total. The predicted octanol–water partition coefficient (Wildman–Crippen LogP) is 0.315. The van der Waals surface area contributed by atoms with Crippen molar-refractivity contribution in [1.82, 2.24) is 4.90 Å². The molecule has 1 aliphatic heterocycles. The van der Waals surface area contributed by atoms with Crippen molar-refractivity contribution in [2.75, 3.05) is 20.1 Å². The van der Waals surface area contributed by atoms with Crippen LogP contribution < -0.4 is 5.46 Å². The van der Waals surface area contributed by atoms with Crippen LogP contribution >= 0.6 is 15.9 Å². The summed E-state index contributed by atoms with van der Waals surface area (Å²) in [6, 6.07) is 4.26. The van der Waals surface area contributed by atoms with Crippen LogP contribution in [0, 0.1) is 5.82 Å². The molecule has 0 saturated carbocycles. The Balaban J connectivity index is 2.32. The van der Waals surface area contributed by atoms with Gasteiger partial charge in [0.25, 0.3) is 0 Å². The molecule has 0 radical (unpaired) electrons. The van der Waals surface area contributed by atoms with Crippen molar-refractivity contribution < 1.29 is 23.3 Å². The number of nitrogens with zero attached hydrogens (tertiary/aromatic N) is 1. The van der Waals surface area contributed by atoms with Gasteiger partial charge in [-0.05, 0) is 19.2 Å². The van der Waals surface area contributed by atoms with E-state index in [9.17, 15) is 14.0 Å². The smallest absolute Gasteiger partial charge is 0.494 e. The third-order valence-electron chi connectivity index (χ3n) is 2.51. The van der Waals surface area contributed by atoms with Gasteiger partial charge in [0, 0.05) is 4.47 Å². The average molecular weight is 330 g/mol. The number of benzene rings is 1. The van der Waals surface area contributed by atoms with Gasteiger partial charge in [0.1, 0.15) is 5.82 Å². The van der Waals surface area contributed by atoms with E-state index in [-0.39, 0.29) is 18.6 Å². The Kier molecular flexibility index (Phi) is 4.21. The summed E-state index contributed by atoms with van der Waals surface area (Å²) in [5.74, 6) is -1.79. The van der Waals surface area contributed by atoms with Crippen LogP contribution in [-0.2, 0) is 18.9 Å². The van der Waals surface area contributed by atoms with Gasteiger partial charge in [-0.25, -0.2) is 4.39 Å². The summed E-state index contributed by atoms with van der Waals surface area (Å²) in [7, 11) is 0.214. The predicted molar refractivity (Wildman–Crippen MR) is 69.2 cm³/mol. The minimum atomic E-state index is -1.37. The molecule has 0 unspecified atom stereocenters. The second-order valence-corrected chi connectivity index (χ2v) is 4.97. The molecule has 1 aromatic rings. The second kappa shape index (κ2) is 5.71. The first kappa shape index (κ1) is 14.0. The molecule has 8 heteroatoms. The average Bonchev–Trinajstić information content (AvgIpc) is 2.25. The van der Waals surface area contributed by atoms with Crippen LogP contribution in [0.15, 0.2) is 22.7 Å². The first-order chi connectivity index (χ1) is 8.97. The van der Waals surface area contributed by atoms with E-state index in [0.717, 1.165) is 0 Å². The van der Waals surface area contributed by atoms with E-state index in [1.165, 1.54) is 17.0 Å². The van der Waals surface area contributed by atoms with Crippen molar-refractivity contribution >= 4 is 40.4 Å². The summed E-state index contributed by atoms with van der Waals surface area (Å²) in [4.78, 5) is 24.6. The molecule has 1 aromatic carbocycles. The molecule has 0 aliphatic carbocycles. The minimum Gasteiger partial charge on any atom is -0.494 e. The highest BCUT2D eigenvalue weighted by molar-refractivity contribution is 9.10. The zero-order chi connectivity index (χ0) is 14.0. The van der Waals surface area contributed by atoms with Gasteiger partial charge in [-0.15, -0.1) is 0 Å². The Morgan fingerprint density at radius 2 is 1.84 bits per heavy atom. The molecule has 0 atom stereocenters. The van der Waals surface area contributed by atoms with E-state index in [1.54, 1.807) is 13.1 Å². The van der Waals surface area contributed by atoms with E-state index in [1.807, 2.05) is 0 Å². The van der Waals surface area contributed by atoms with E-state index in [2.05, 4.69) is 15.9 Å². The Bertz CT molecular complexity index is 487. The zero-order valence-corrected chi connectivity index (χ0v) is 11.6. The summed E-state index contributed by atoms with van der Waals surface area (Å²) >= 11 is 3.15. The van der Waals surface area contributed by atoms with Crippen LogP contribution in [0.2, 0.25) is 0 Å². The SMILES string of the molecule is CN1CC(=O)OB(c2c(F)cccc2Br)OC(=O)C1. The van der Waals surface area contributed by atoms with Gasteiger partial charge < -0.3 is 9.31 Å². The number of rotatable bonds is 1. The van der Waals surface area contributed by atoms with Crippen LogP contribution in [0.25, 0.3) is 0 Å². The van der Waals surface area contributed by atoms with Crippen LogP contribution in [-0.4, -0.2) is 44.1 Å². The van der Waals surface area contributed by atoms with E-state index in [4.69, 9.17) is 9.31 Å². The molecular formula is C11H10BBrFNO4. The highest BCUT2D eigenvalue weighted by Gasteiger charge is 2.37. The normalized spacial score (nSPS) is 17.5. The van der Waals surface area contributed by atoms with Crippen molar-refractivity contribution in [3.8, 4) is 0 Å². The van der Waals surface area contributed by atoms with E-state index in [0.29, 0.717) is 4.47 Å². The monoisotopic (exact) mass is 329 g/mol. The van der Waals surface area contributed by atoms with Crippen molar-refractivity contribution in [3.63, 3.8) is 0 Å². The lowest BCUT2D eigenvalue weighted by Gasteiger charge is -2.23. The van der Waals surface area contributed by atoms with Crippen LogP contribution in [0.1, 0.15) is 0 Å². The maximum Gasteiger partial charge on any atom is 0.640 e. The topological polar surface area (TPSA) is 55.8 Å². The number of hydrogen-bond donors (Lipinski definition) is 0. The van der Waals surface area contributed by atoms with Crippen molar-refractivity contribution in [3.05, 3.63) is 28.5 Å². The van der Waals surface area contributed by atoms with Crippen molar-refractivity contribution in [2.24, 2.45) is 0 Å². The molecule has 2 rings (SSSR count). The summed E-state index contributed by atoms with van der Waals surface area (Å²) in [6.07, 6.45) is 0. The van der Waals surface area contributed by atoms with Crippen LogP contribution in [0.5, 0.6) is 0 Å². The summed E-state index contributed by atoms with van der Waals surface area (Å²) in [5.41, 5.74) is -0.00578. The molecule has 1 heterocycles. The van der Waals surface area contributed by atoms with Crippen molar-refractivity contribution in [2.45, 2.75) is 0 Å². The number of carbonyl (C=O) groups is 2. The maximum absolute atomic E-state index is 13.8. The first-order valence-corrected chi connectivity index (χ1v) is 6.28. The Labute approximate surface area is 117 Å². The lowest BCUT2D eigenvalue weighted by Crippen LogP contribution is -2.49. The third-order valence-corrected chi connectivity index (χ3v) is 3.20. The number of hydrogen-bond acceptors (Lipinski definition) is 5. The van der Waals surface area contributed by atoms with Crippen LogP contribution in [0.3, 0.4) is 0 Å². The number of carbonyl (C=O) groups excluding carboxylic acids is 2. The molecule has 100 valence electrons. The summed E-state index contributed by atoms with van der Waals surface area (Å²) in [5, 5.41) is 0. The second-order valence-electron chi connectivity index (χ2n) is 4.12. The first-order valence-electron chi connectivity index (χ1n) is 5.49. The van der Waals surface area contributed by atoms with Gasteiger partial charge in [-0.1, -0.05) is 22.0 Å². The molecule has 19 heavy (non-hydrogen) atoms. The van der Waals surface area contributed by atoms with Gasteiger partial charge in [-0.2, -0.15) is 0 Å². The quantitative estimate of drug-likeness (QED) is 0.694. The summed E-state index contributed by atoms with van der Waals surface area (Å²) in [6.45, 7) is -0.116. The fraction of sp³-hybridized carbons (Fsp3) is 0.273. The maximum atomic E-state index is 13.8. The highest BCUT2D eigenvalue weighted by Crippen LogP contribution is 2.12.